The van der Waals surface area contributed by atoms with Crippen LogP contribution >= 0.6 is 0 Å². The van der Waals surface area contributed by atoms with Crippen LogP contribution in [0.3, 0.4) is 0 Å². The maximum absolute atomic E-state index is 12.9. The van der Waals surface area contributed by atoms with Crippen molar-refractivity contribution in [1.82, 2.24) is 5.32 Å². The zero-order chi connectivity index (χ0) is 14.4. The summed E-state index contributed by atoms with van der Waals surface area (Å²) in [5.41, 5.74) is -0.541. The molecular formula is C11H13FN2O5. The lowest BCUT2D eigenvalue weighted by Crippen LogP contribution is -2.41. The van der Waals surface area contributed by atoms with Crippen LogP contribution < -0.4 is 10.1 Å². The third kappa shape index (κ3) is 4.18. The molecule has 0 saturated heterocycles. The van der Waals surface area contributed by atoms with Gasteiger partial charge in [-0.3, -0.25) is 14.9 Å². The summed E-state index contributed by atoms with van der Waals surface area (Å²) in [6.07, 6.45) is 0. The van der Waals surface area contributed by atoms with Crippen molar-refractivity contribution in [3.8, 4) is 5.75 Å². The van der Waals surface area contributed by atoms with Gasteiger partial charge in [-0.2, -0.15) is 0 Å². The molecule has 1 atom stereocenters. The zero-order valence-corrected chi connectivity index (χ0v) is 10.1. The smallest absolute Gasteiger partial charge is 0.324 e. The first kappa shape index (κ1) is 14.8. The van der Waals surface area contributed by atoms with E-state index in [9.17, 15) is 19.3 Å². The van der Waals surface area contributed by atoms with E-state index in [1.807, 2.05) is 0 Å². The third-order valence-electron chi connectivity index (χ3n) is 2.27. The molecule has 104 valence electrons. The Bertz CT molecular complexity index is 480. The van der Waals surface area contributed by atoms with Gasteiger partial charge in [-0.15, -0.1) is 0 Å². The van der Waals surface area contributed by atoms with E-state index in [4.69, 9.17) is 9.84 Å². The Kier molecular flexibility index (Phi) is 5.19. The van der Waals surface area contributed by atoms with Crippen LogP contribution in [-0.4, -0.2) is 35.2 Å². The van der Waals surface area contributed by atoms with Gasteiger partial charge in [-0.1, -0.05) is 6.92 Å². The van der Waals surface area contributed by atoms with E-state index in [0.717, 1.165) is 18.2 Å². The first-order valence-corrected chi connectivity index (χ1v) is 5.48. The van der Waals surface area contributed by atoms with Crippen molar-refractivity contribution >= 4 is 11.7 Å². The van der Waals surface area contributed by atoms with E-state index in [-0.39, 0.29) is 12.4 Å². The number of hydrogen-bond acceptors (Lipinski definition) is 5. The molecule has 19 heavy (non-hydrogen) atoms. The predicted octanol–water partition coefficient (Wildman–Crippen LogP) is 1.18. The number of carboxylic acid groups (broad SMARTS) is 1. The number of nitro benzene ring substituents is 1. The maximum atomic E-state index is 12.9. The number of nitrogens with one attached hydrogen (secondary N) is 1. The summed E-state index contributed by atoms with van der Waals surface area (Å²) >= 11 is 0. The average Bonchev–Trinajstić information content (AvgIpc) is 2.35. The number of nitrogens with zero attached hydrogens (tertiary/aromatic N) is 1. The summed E-state index contributed by atoms with van der Waals surface area (Å²) in [7, 11) is 0. The van der Waals surface area contributed by atoms with Crippen LogP contribution in [0.25, 0.3) is 0 Å². The number of nitro groups is 1. The lowest BCUT2D eigenvalue weighted by atomic mass is 10.2. The van der Waals surface area contributed by atoms with Crippen LogP contribution in [0.15, 0.2) is 18.2 Å². The lowest BCUT2D eigenvalue weighted by Gasteiger charge is -2.14. The largest absolute Gasteiger partial charge is 0.485 e. The van der Waals surface area contributed by atoms with E-state index in [1.54, 1.807) is 6.92 Å². The van der Waals surface area contributed by atoms with Gasteiger partial charge in [0.25, 0.3) is 0 Å². The van der Waals surface area contributed by atoms with E-state index in [2.05, 4.69) is 5.32 Å². The Balaban J connectivity index is 2.82. The van der Waals surface area contributed by atoms with E-state index in [0.29, 0.717) is 6.54 Å². The van der Waals surface area contributed by atoms with Crippen molar-refractivity contribution in [3.63, 3.8) is 0 Å². The van der Waals surface area contributed by atoms with Crippen LogP contribution in [-0.2, 0) is 4.79 Å². The minimum atomic E-state index is -1.13. The number of aliphatic carboxylic acids is 1. The molecule has 0 bridgehead atoms. The van der Waals surface area contributed by atoms with Crippen molar-refractivity contribution < 1.29 is 24.0 Å². The van der Waals surface area contributed by atoms with Crippen molar-refractivity contribution in [3.05, 3.63) is 34.1 Å². The molecule has 8 heteroatoms. The number of likely N-dealkylation sites (N-methyl/N-ethyl adjacent to an activating group) is 1. The molecule has 1 aromatic carbocycles. The molecule has 0 spiro atoms. The number of carboxylic acids is 1. The summed E-state index contributed by atoms with van der Waals surface area (Å²) in [5, 5.41) is 22.2. The average molecular weight is 272 g/mol. The molecule has 0 aliphatic rings. The SMILES string of the molecule is CCNC(COc1ccc(F)cc1[N+](=O)[O-])C(=O)O. The van der Waals surface area contributed by atoms with Gasteiger partial charge in [-0.05, 0) is 18.7 Å². The van der Waals surface area contributed by atoms with Crippen LogP contribution in [0.4, 0.5) is 10.1 Å². The van der Waals surface area contributed by atoms with Crippen LogP contribution in [0.1, 0.15) is 6.92 Å². The van der Waals surface area contributed by atoms with Crippen molar-refractivity contribution in [1.29, 1.82) is 0 Å². The van der Waals surface area contributed by atoms with Crippen LogP contribution in [0.5, 0.6) is 5.75 Å². The normalized spacial score (nSPS) is 11.9. The van der Waals surface area contributed by atoms with Gasteiger partial charge in [0.2, 0.25) is 0 Å². The molecule has 0 heterocycles. The summed E-state index contributed by atoms with van der Waals surface area (Å²) in [6.45, 7) is 1.83. The molecule has 0 radical (unpaired) electrons. The lowest BCUT2D eigenvalue weighted by molar-refractivity contribution is -0.386. The molecule has 7 nitrogen and oxygen atoms in total. The fraction of sp³-hybridized carbons (Fsp3) is 0.364. The Morgan fingerprint density at radius 3 is 2.84 bits per heavy atom. The first-order valence-electron chi connectivity index (χ1n) is 5.48. The summed E-state index contributed by atoms with van der Waals surface area (Å²) in [4.78, 5) is 20.8. The molecule has 0 aliphatic carbocycles. The number of halogens is 1. The maximum Gasteiger partial charge on any atom is 0.324 e. The minimum Gasteiger partial charge on any atom is -0.485 e. The molecule has 1 unspecified atom stereocenters. The van der Waals surface area contributed by atoms with Gasteiger partial charge in [0.15, 0.2) is 5.75 Å². The highest BCUT2D eigenvalue weighted by molar-refractivity contribution is 5.73. The summed E-state index contributed by atoms with van der Waals surface area (Å²) in [5.74, 6) is -2.07. The Morgan fingerprint density at radius 2 is 2.32 bits per heavy atom. The molecule has 1 rings (SSSR count). The second kappa shape index (κ2) is 6.64. The van der Waals surface area contributed by atoms with Crippen molar-refractivity contribution in [2.75, 3.05) is 13.2 Å². The quantitative estimate of drug-likeness (QED) is 0.570. The van der Waals surface area contributed by atoms with Crippen molar-refractivity contribution in [2.45, 2.75) is 13.0 Å². The topological polar surface area (TPSA) is 102 Å². The molecule has 0 fully saturated rings. The number of hydrogen-bond donors (Lipinski definition) is 2. The predicted molar refractivity (Wildman–Crippen MR) is 63.6 cm³/mol. The van der Waals surface area contributed by atoms with Gasteiger partial charge in [0.1, 0.15) is 18.5 Å². The monoisotopic (exact) mass is 272 g/mol. The Morgan fingerprint density at radius 1 is 1.63 bits per heavy atom. The highest BCUT2D eigenvalue weighted by atomic mass is 19.1. The first-order chi connectivity index (χ1) is 8.95. The summed E-state index contributed by atoms with van der Waals surface area (Å²) < 4.78 is 18.0. The van der Waals surface area contributed by atoms with Gasteiger partial charge in [0.05, 0.1) is 11.0 Å². The van der Waals surface area contributed by atoms with Crippen LogP contribution in [0, 0.1) is 15.9 Å². The van der Waals surface area contributed by atoms with E-state index in [1.165, 1.54) is 0 Å². The zero-order valence-electron chi connectivity index (χ0n) is 10.1. The molecule has 0 saturated carbocycles. The number of rotatable bonds is 7. The second-order valence-corrected chi connectivity index (χ2v) is 3.63. The third-order valence-corrected chi connectivity index (χ3v) is 2.27. The highest BCUT2D eigenvalue weighted by Crippen LogP contribution is 2.27. The van der Waals surface area contributed by atoms with Crippen molar-refractivity contribution in [2.24, 2.45) is 0 Å². The van der Waals surface area contributed by atoms with Gasteiger partial charge >= 0.3 is 11.7 Å². The number of benzene rings is 1. The molecule has 0 amide bonds. The van der Waals surface area contributed by atoms with Gasteiger partial charge < -0.3 is 15.2 Å². The van der Waals surface area contributed by atoms with Gasteiger partial charge in [-0.25, -0.2) is 4.39 Å². The number of ether oxygens (including phenoxy) is 1. The Labute approximate surface area is 108 Å². The fourth-order valence-electron chi connectivity index (χ4n) is 1.39. The molecule has 2 N–H and O–H groups in total. The second-order valence-electron chi connectivity index (χ2n) is 3.63. The molecular weight excluding hydrogens is 259 g/mol. The van der Waals surface area contributed by atoms with Crippen LogP contribution in [0.2, 0.25) is 0 Å². The van der Waals surface area contributed by atoms with E-state index < -0.39 is 28.4 Å². The van der Waals surface area contributed by atoms with E-state index >= 15 is 0 Å². The summed E-state index contributed by atoms with van der Waals surface area (Å²) in [6, 6.07) is 1.83. The van der Waals surface area contributed by atoms with Gasteiger partial charge in [0, 0.05) is 0 Å². The minimum absolute atomic E-state index is 0.171. The fourth-order valence-corrected chi connectivity index (χ4v) is 1.39. The molecule has 0 aromatic heterocycles. The Hall–Kier alpha value is -2.22. The standard InChI is InChI=1S/C11H13FN2O5/c1-2-13-8(11(15)16)6-19-10-4-3-7(12)5-9(10)14(17)18/h3-5,8,13H,2,6H2,1H3,(H,15,16). The highest BCUT2D eigenvalue weighted by Gasteiger charge is 2.21. The molecule has 1 aromatic rings. The number of carbonyl (C=O) groups is 1. The molecule has 0 aliphatic heterocycles.